The van der Waals surface area contributed by atoms with Gasteiger partial charge in [-0.15, -0.1) is 11.3 Å². The molecule has 1 aliphatic heterocycles. The molecule has 3 aromatic carbocycles. The van der Waals surface area contributed by atoms with E-state index < -0.39 is 0 Å². The van der Waals surface area contributed by atoms with Gasteiger partial charge in [-0.05, 0) is 105 Å². The number of benzene rings is 3. The summed E-state index contributed by atoms with van der Waals surface area (Å²) >= 11 is 1.77. The van der Waals surface area contributed by atoms with Crippen LogP contribution < -0.4 is 9.47 Å². The van der Waals surface area contributed by atoms with Gasteiger partial charge in [-0.3, -0.25) is 4.90 Å². The minimum Gasteiger partial charge on any atom is -0.508 e. The molecule has 0 radical (unpaired) electrons. The third-order valence-electron chi connectivity index (χ3n) is 6.41. The summed E-state index contributed by atoms with van der Waals surface area (Å²) in [5, 5.41) is 11.9. The molecular weight excluding hydrogens is 442 g/mol. The van der Waals surface area contributed by atoms with Crippen LogP contribution in [0.1, 0.15) is 29.7 Å². The first-order valence-corrected chi connectivity index (χ1v) is 12.8. The minimum absolute atomic E-state index is 0.250. The van der Waals surface area contributed by atoms with Crippen LogP contribution in [0.15, 0.2) is 60.7 Å². The number of rotatable bonds is 7. The molecule has 5 heteroatoms. The number of hydrogen-bond acceptors (Lipinski definition) is 5. The monoisotopic (exact) mass is 473 g/mol. The molecule has 0 unspecified atom stereocenters. The second-order valence-corrected chi connectivity index (χ2v) is 10.3. The van der Waals surface area contributed by atoms with E-state index in [-0.39, 0.29) is 5.75 Å². The predicted octanol–water partition coefficient (Wildman–Crippen LogP) is 7.55. The smallest absolute Gasteiger partial charge is 0.143 e. The normalized spacial score (nSPS) is 14.4. The quantitative estimate of drug-likeness (QED) is 0.301. The van der Waals surface area contributed by atoms with E-state index in [4.69, 9.17) is 9.47 Å². The Kier molecular flexibility index (Phi) is 6.75. The highest BCUT2D eigenvalue weighted by Crippen LogP contribution is 2.44. The summed E-state index contributed by atoms with van der Waals surface area (Å²) < 4.78 is 12.5. The van der Waals surface area contributed by atoms with Crippen LogP contribution in [0.25, 0.3) is 21.2 Å². The SMILES string of the molecule is Cc1cc(C)c(-c2ccc3cc(O)ccc3c2Oc2ccc(OCCN3CCCCC3)cc2)s1. The van der Waals surface area contributed by atoms with Crippen LogP contribution in [-0.2, 0) is 0 Å². The summed E-state index contributed by atoms with van der Waals surface area (Å²) in [7, 11) is 0. The molecule has 0 spiro atoms. The van der Waals surface area contributed by atoms with E-state index in [2.05, 4.69) is 30.9 Å². The Balaban J connectivity index is 1.38. The number of aromatic hydroxyl groups is 1. The number of fused-ring (bicyclic) bond motifs is 1. The van der Waals surface area contributed by atoms with Crippen LogP contribution in [0.4, 0.5) is 0 Å². The number of piperidine rings is 1. The largest absolute Gasteiger partial charge is 0.508 e. The average Bonchev–Trinajstić information content (AvgIpc) is 3.18. The number of phenols is 1. The van der Waals surface area contributed by atoms with Crippen LogP contribution in [0.5, 0.6) is 23.0 Å². The lowest BCUT2D eigenvalue weighted by Crippen LogP contribution is -2.33. The molecule has 0 saturated carbocycles. The summed E-state index contributed by atoms with van der Waals surface area (Å²) in [5.41, 5.74) is 2.30. The molecule has 176 valence electrons. The summed E-state index contributed by atoms with van der Waals surface area (Å²) in [6.07, 6.45) is 3.95. The zero-order valence-corrected chi connectivity index (χ0v) is 20.7. The first-order valence-electron chi connectivity index (χ1n) is 12.0. The van der Waals surface area contributed by atoms with Gasteiger partial charge in [0, 0.05) is 27.2 Å². The topological polar surface area (TPSA) is 41.9 Å². The van der Waals surface area contributed by atoms with Crippen molar-refractivity contribution in [3.63, 3.8) is 0 Å². The zero-order chi connectivity index (χ0) is 23.5. The Morgan fingerprint density at radius 2 is 1.65 bits per heavy atom. The molecule has 5 rings (SSSR count). The van der Waals surface area contributed by atoms with Gasteiger partial charge in [0.05, 0.1) is 0 Å². The van der Waals surface area contributed by atoms with Gasteiger partial charge < -0.3 is 14.6 Å². The van der Waals surface area contributed by atoms with E-state index in [0.29, 0.717) is 6.61 Å². The van der Waals surface area contributed by atoms with Crippen molar-refractivity contribution in [1.82, 2.24) is 4.90 Å². The van der Waals surface area contributed by atoms with Crippen molar-refractivity contribution in [2.45, 2.75) is 33.1 Å². The standard InChI is InChI=1S/C29H31NO3S/c1-20-18-21(2)34-29(20)27-12-6-22-19-23(31)7-13-26(22)28(27)33-25-10-8-24(9-11-25)32-17-16-30-14-4-3-5-15-30/h6-13,18-19,31H,3-5,14-17H2,1-2H3. The predicted molar refractivity (Wildman–Crippen MR) is 141 cm³/mol. The first kappa shape index (κ1) is 22.8. The first-order chi connectivity index (χ1) is 16.6. The highest BCUT2D eigenvalue weighted by Gasteiger charge is 2.16. The Hall–Kier alpha value is -3.02. The fraction of sp³-hybridized carbons (Fsp3) is 0.310. The Morgan fingerprint density at radius 3 is 2.38 bits per heavy atom. The summed E-state index contributed by atoms with van der Waals surface area (Å²) in [6.45, 7) is 8.32. The highest BCUT2D eigenvalue weighted by molar-refractivity contribution is 7.15. The van der Waals surface area contributed by atoms with Gasteiger partial charge in [-0.2, -0.15) is 0 Å². The number of ether oxygens (including phenoxy) is 2. The number of aryl methyl sites for hydroxylation is 2. The van der Waals surface area contributed by atoms with Crippen molar-refractivity contribution in [3.8, 4) is 33.4 Å². The molecule has 0 bridgehead atoms. The van der Waals surface area contributed by atoms with Gasteiger partial charge >= 0.3 is 0 Å². The van der Waals surface area contributed by atoms with E-state index >= 15 is 0 Å². The van der Waals surface area contributed by atoms with E-state index in [1.165, 1.54) is 47.7 Å². The van der Waals surface area contributed by atoms with E-state index in [1.807, 2.05) is 36.4 Å². The third-order valence-corrected chi connectivity index (χ3v) is 7.59. The van der Waals surface area contributed by atoms with Crippen molar-refractivity contribution in [1.29, 1.82) is 0 Å². The van der Waals surface area contributed by atoms with Gasteiger partial charge in [0.1, 0.15) is 29.6 Å². The van der Waals surface area contributed by atoms with Gasteiger partial charge in [-0.1, -0.05) is 12.5 Å². The molecular formula is C29H31NO3S. The number of thiophene rings is 1. The Morgan fingerprint density at radius 1 is 0.882 bits per heavy atom. The van der Waals surface area contributed by atoms with Crippen LogP contribution >= 0.6 is 11.3 Å². The van der Waals surface area contributed by atoms with E-state index in [9.17, 15) is 5.11 Å². The fourth-order valence-electron chi connectivity index (χ4n) is 4.68. The molecule has 1 aliphatic rings. The molecule has 0 amide bonds. The van der Waals surface area contributed by atoms with E-state index in [1.54, 1.807) is 23.5 Å². The van der Waals surface area contributed by atoms with Crippen LogP contribution in [0, 0.1) is 13.8 Å². The van der Waals surface area contributed by atoms with Crippen molar-refractivity contribution in [3.05, 3.63) is 71.1 Å². The molecule has 1 saturated heterocycles. The summed E-state index contributed by atoms with van der Waals surface area (Å²) in [5.74, 6) is 2.68. The van der Waals surface area contributed by atoms with Gasteiger partial charge in [-0.25, -0.2) is 0 Å². The summed E-state index contributed by atoms with van der Waals surface area (Å²) in [4.78, 5) is 4.96. The molecule has 1 N–H and O–H groups in total. The molecule has 4 aromatic rings. The zero-order valence-electron chi connectivity index (χ0n) is 19.8. The summed E-state index contributed by atoms with van der Waals surface area (Å²) in [6, 6.07) is 19.6. The minimum atomic E-state index is 0.250. The Labute approximate surface area is 205 Å². The van der Waals surface area contributed by atoms with Gasteiger partial charge in [0.15, 0.2) is 0 Å². The maximum absolute atomic E-state index is 9.97. The third kappa shape index (κ3) is 5.06. The second-order valence-electron chi connectivity index (χ2n) is 9.04. The lowest BCUT2D eigenvalue weighted by molar-refractivity contribution is 0.183. The van der Waals surface area contributed by atoms with Crippen LogP contribution in [0.3, 0.4) is 0 Å². The van der Waals surface area contributed by atoms with Crippen molar-refractivity contribution in [2.24, 2.45) is 0 Å². The number of phenolic OH excluding ortho intramolecular Hbond substituents is 1. The van der Waals surface area contributed by atoms with Gasteiger partial charge in [0.2, 0.25) is 0 Å². The van der Waals surface area contributed by atoms with Crippen molar-refractivity contribution in [2.75, 3.05) is 26.2 Å². The van der Waals surface area contributed by atoms with Gasteiger partial charge in [0.25, 0.3) is 0 Å². The Bertz CT molecular complexity index is 1270. The fourth-order valence-corrected chi connectivity index (χ4v) is 5.73. The van der Waals surface area contributed by atoms with Crippen molar-refractivity contribution >= 4 is 22.1 Å². The number of hydrogen-bond donors (Lipinski definition) is 1. The lowest BCUT2D eigenvalue weighted by atomic mass is 10.0. The molecule has 2 heterocycles. The highest BCUT2D eigenvalue weighted by atomic mass is 32.1. The lowest BCUT2D eigenvalue weighted by Gasteiger charge is -2.26. The molecule has 1 fully saturated rings. The number of likely N-dealkylation sites (tertiary alicyclic amines) is 1. The molecule has 1 aromatic heterocycles. The molecule has 34 heavy (non-hydrogen) atoms. The molecule has 4 nitrogen and oxygen atoms in total. The second kappa shape index (κ2) is 10.1. The maximum Gasteiger partial charge on any atom is 0.143 e. The molecule has 0 atom stereocenters. The van der Waals surface area contributed by atoms with E-state index in [0.717, 1.165) is 40.1 Å². The van der Waals surface area contributed by atoms with Crippen molar-refractivity contribution < 1.29 is 14.6 Å². The molecule has 0 aliphatic carbocycles. The van der Waals surface area contributed by atoms with Crippen LogP contribution in [0.2, 0.25) is 0 Å². The number of nitrogens with zero attached hydrogens (tertiary/aromatic N) is 1. The average molecular weight is 474 g/mol. The van der Waals surface area contributed by atoms with Crippen LogP contribution in [-0.4, -0.2) is 36.2 Å². The maximum atomic E-state index is 9.97.